The molecule has 0 saturated carbocycles. The van der Waals surface area contributed by atoms with Crippen LogP contribution in [0.1, 0.15) is 31.0 Å². The van der Waals surface area contributed by atoms with E-state index in [1.54, 1.807) is 6.20 Å². The molecule has 0 amide bonds. The molecule has 0 aliphatic rings. The van der Waals surface area contributed by atoms with Crippen molar-refractivity contribution in [2.45, 2.75) is 26.7 Å². The van der Waals surface area contributed by atoms with Gasteiger partial charge in [-0.15, -0.1) is 5.10 Å². The molecule has 0 saturated heterocycles. The molecule has 0 radical (unpaired) electrons. The first-order valence-electron chi connectivity index (χ1n) is 7.26. The maximum absolute atomic E-state index is 5.66. The number of nitrogens with one attached hydrogen (secondary N) is 1. The van der Waals surface area contributed by atoms with Crippen LogP contribution in [0.5, 0.6) is 0 Å². The number of rotatable bonds is 4. The lowest BCUT2D eigenvalue weighted by atomic mass is 10.0. The van der Waals surface area contributed by atoms with Crippen molar-refractivity contribution in [3.63, 3.8) is 0 Å². The number of hydrogen-bond donors (Lipinski definition) is 1. The maximum Gasteiger partial charge on any atom is 0.320 e. The molecule has 3 rings (SSSR count). The van der Waals surface area contributed by atoms with Crippen molar-refractivity contribution < 1.29 is 4.42 Å². The number of benzene rings is 1. The van der Waals surface area contributed by atoms with E-state index in [0.717, 1.165) is 16.9 Å². The molecule has 0 bridgehead atoms. The van der Waals surface area contributed by atoms with Crippen LogP contribution in [-0.2, 0) is 0 Å². The Bertz CT molecular complexity index is 762. The van der Waals surface area contributed by atoms with E-state index in [9.17, 15) is 0 Å². The fraction of sp³-hybridized carbons (Fsp3) is 0.235. The van der Waals surface area contributed by atoms with Gasteiger partial charge in [0.2, 0.25) is 0 Å². The summed E-state index contributed by atoms with van der Waals surface area (Å²) >= 11 is 0. The van der Waals surface area contributed by atoms with Crippen LogP contribution in [0.4, 0.5) is 11.7 Å². The molecule has 5 nitrogen and oxygen atoms in total. The van der Waals surface area contributed by atoms with E-state index >= 15 is 0 Å². The fourth-order valence-corrected chi connectivity index (χ4v) is 2.17. The number of hydrogen-bond acceptors (Lipinski definition) is 5. The highest BCUT2D eigenvalue weighted by molar-refractivity contribution is 5.58. The highest BCUT2D eigenvalue weighted by Crippen LogP contribution is 2.24. The van der Waals surface area contributed by atoms with Gasteiger partial charge in [0.05, 0.1) is 5.56 Å². The van der Waals surface area contributed by atoms with Crippen LogP contribution in [0.25, 0.3) is 11.5 Å². The van der Waals surface area contributed by atoms with Gasteiger partial charge in [-0.1, -0.05) is 31.1 Å². The van der Waals surface area contributed by atoms with Crippen LogP contribution in [0, 0.1) is 6.92 Å². The van der Waals surface area contributed by atoms with Gasteiger partial charge >= 0.3 is 6.01 Å². The largest absolute Gasteiger partial charge is 0.403 e. The number of anilines is 2. The first-order chi connectivity index (χ1) is 10.6. The Kier molecular flexibility index (Phi) is 3.87. The molecule has 0 atom stereocenters. The summed E-state index contributed by atoms with van der Waals surface area (Å²) in [6.07, 6.45) is 1.74. The van der Waals surface area contributed by atoms with Crippen LogP contribution < -0.4 is 5.32 Å². The van der Waals surface area contributed by atoms with E-state index in [1.165, 1.54) is 5.56 Å². The van der Waals surface area contributed by atoms with Crippen molar-refractivity contribution in [3.05, 3.63) is 53.9 Å². The Morgan fingerprint density at radius 1 is 1.05 bits per heavy atom. The predicted molar refractivity (Wildman–Crippen MR) is 86.1 cm³/mol. The lowest BCUT2D eigenvalue weighted by Gasteiger charge is -2.06. The molecule has 2 heterocycles. The Hall–Kier alpha value is -2.69. The van der Waals surface area contributed by atoms with Gasteiger partial charge in [0.25, 0.3) is 5.89 Å². The molecular weight excluding hydrogens is 276 g/mol. The highest BCUT2D eigenvalue weighted by Gasteiger charge is 2.11. The third kappa shape index (κ3) is 2.98. The summed E-state index contributed by atoms with van der Waals surface area (Å²) in [5.74, 6) is 0.976. The Balaban J connectivity index is 1.78. The summed E-state index contributed by atoms with van der Waals surface area (Å²) < 4.78 is 5.66. The zero-order valence-electron chi connectivity index (χ0n) is 12.9. The van der Waals surface area contributed by atoms with Gasteiger partial charge in [-0.05, 0) is 42.7 Å². The van der Waals surface area contributed by atoms with Gasteiger partial charge in [0, 0.05) is 17.6 Å². The summed E-state index contributed by atoms with van der Waals surface area (Å²) in [5.41, 5.74) is 3.92. The number of nitrogens with zero attached hydrogens (tertiary/aromatic N) is 3. The second-order valence-electron chi connectivity index (χ2n) is 5.45. The summed E-state index contributed by atoms with van der Waals surface area (Å²) in [6.45, 7) is 6.25. The highest BCUT2D eigenvalue weighted by atomic mass is 16.4. The zero-order valence-corrected chi connectivity index (χ0v) is 12.9. The predicted octanol–water partition coefficient (Wildman–Crippen LogP) is 4.31. The maximum atomic E-state index is 5.66. The average molecular weight is 294 g/mol. The lowest BCUT2D eigenvalue weighted by molar-refractivity contribution is 0.587. The normalized spacial score (nSPS) is 10.9. The second-order valence-corrected chi connectivity index (χ2v) is 5.45. The Morgan fingerprint density at radius 3 is 2.50 bits per heavy atom. The zero-order chi connectivity index (χ0) is 15.5. The van der Waals surface area contributed by atoms with Crippen molar-refractivity contribution in [2.24, 2.45) is 0 Å². The molecule has 5 heteroatoms. The quantitative estimate of drug-likeness (QED) is 0.777. The molecule has 2 aromatic heterocycles. The van der Waals surface area contributed by atoms with Crippen molar-refractivity contribution in [1.29, 1.82) is 0 Å². The van der Waals surface area contributed by atoms with Crippen LogP contribution in [0.3, 0.4) is 0 Å². The minimum atomic E-state index is 0.371. The molecule has 1 N–H and O–H groups in total. The average Bonchev–Trinajstić information content (AvgIpc) is 2.96. The SMILES string of the molecule is Cc1ncccc1-c1nnc(Nc2ccc(C(C)C)cc2)o1. The van der Waals surface area contributed by atoms with Gasteiger partial charge in [-0.2, -0.15) is 0 Å². The van der Waals surface area contributed by atoms with Crippen molar-refractivity contribution in [3.8, 4) is 11.5 Å². The Labute approximate surface area is 129 Å². The lowest BCUT2D eigenvalue weighted by Crippen LogP contribution is -1.92. The minimum Gasteiger partial charge on any atom is -0.403 e. The summed E-state index contributed by atoms with van der Waals surface area (Å²) in [6, 6.07) is 12.3. The first kappa shape index (κ1) is 14.3. The van der Waals surface area contributed by atoms with Crippen LogP contribution >= 0.6 is 0 Å². The second kappa shape index (κ2) is 5.97. The molecule has 0 aliphatic heterocycles. The van der Waals surface area contributed by atoms with E-state index in [4.69, 9.17) is 4.42 Å². The third-order valence-corrected chi connectivity index (χ3v) is 3.49. The van der Waals surface area contributed by atoms with E-state index in [0.29, 0.717) is 17.8 Å². The fourth-order valence-electron chi connectivity index (χ4n) is 2.17. The molecule has 3 aromatic rings. The monoisotopic (exact) mass is 294 g/mol. The van der Waals surface area contributed by atoms with Crippen LogP contribution in [0.2, 0.25) is 0 Å². The topological polar surface area (TPSA) is 63.8 Å². The molecule has 0 aliphatic carbocycles. The summed E-state index contributed by atoms with van der Waals surface area (Å²) in [7, 11) is 0. The summed E-state index contributed by atoms with van der Waals surface area (Å²) in [4.78, 5) is 4.23. The smallest absolute Gasteiger partial charge is 0.320 e. The number of pyridine rings is 1. The van der Waals surface area contributed by atoms with E-state index in [1.807, 2.05) is 31.2 Å². The molecule has 0 unspecified atom stereocenters. The van der Waals surface area contributed by atoms with E-state index in [2.05, 4.69) is 46.5 Å². The van der Waals surface area contributed by atoms with Gasteiger partial charge in [0.15, 0.2) is 0 Å². The third-order valence-electron chi connectivity index (χ3n) is 3.49. The van der Waals surface area contributed by atoms with E-state index in [-0.39, 0.29) is 0 Å². The first-order valence-corrected chi connectivity index (χ1v) is 7.26. The van der Waals surface area contributed by atoms with Crippen molar-refractivity contribution in [1.82, 2.24) is 15.2 Å². The van der Waals surface area contributed by atoms with E-state index < -0.39 is 0 Å². The Morgan fingerprint density at radius 2 is 1.82 bits per heavy atom. The molecule has 112 valence electrons. The van der Waals surface area contributed by atoms with Crippen LogP contribution in [-0.4, -0.2) is 15.2 Å². The van der Waals surface area contributed by atoms with Gasteiger partial charge in [0.1, 0.15) is 0 Å². The van der Waals surface area contributed by atoms with Gasteiger partial charge in [-0.25, -0.2) is 0 Å². The van der Waals surface area contributed by atoms with Crippen molar-refractivity contribution >= 4 is 11.7 Å². The number of aryl methyl sites for hydroxylation is 1. The number of aromatic nitrogens is 3. The van der Waals surface area contributed by atoms with Crippen molar-refractivity contribution in [2.75, 3.05) is 5.32 Å². The minimum absolute atomic E-state index is 0.371. The molecule has 1 aromatic carbocycles. The summed E-state index contributed by atoms with van der Waals surface area (Å²) in [5, 5.41) is 11.2. The van der Waals surface area contributed by atoms with Crippen LogP contribution in [0.15, 0.2) is 47.0 Å². The molecular formula is C17H18N4O. The molecule has 0 spiro atoms. The molecule has 0 fully saturated rings. The standard InChI is InChI=1S/C17H18N4O/c1-11(2)13-6-8-14(9-7-13)19-17-21-20-16(22-17)15-5-4-10-18-12(15)3/h4-11H,1-3H3,(H,19,21). The van der Waals surface area contributed by atoms with Gasteiger partial charge < -0.3 is 9.73 Å². The molecule has 22 heavy (non-hydrogen) atoms. The van der Waals surface area contributed by atoms with Gasteiger partial charge in [-0.3, -0.25) is 4.98 Å².